The highest BCUT2D eigenvalue weighted by Crippen LogP contribution is 2.35. The first kappa shape index (κ1) is 25.6. The van der Waals surface area contributed by atoms with Gasteiger partial charge in [-0.15, -0.1) is 0 Å². The molecular weight excluding hydrogens is 471 g/mol. The van der Waals surface area contributed by atoms with Crippen molar-refractivity contribution in [2.45, 2.75) is 13.0 Å². The van der Waals surface area contributed by atoms with E-state index in [1.807, 2.05) is 60.7 Å². The van der Waals surface area contributed by atoms with E-state index in [9.17, 15) is 9.18 Å². The molecule has 9 heteroatoms. The van der Waals surface area contributed by atoms with E-state index in [1.165, 1.54) is 12.1 Å². The summed E-state index contributed by atoms with van der Waals surface area (Å²) in [5.74, 6) is 5.03. The number of anilines is 2. The first-order valence-corrected chi connectivity index (χ1v) is 11.9. The van der Waals surface area contributed by atoms with Crippen molar-refractivity contribution in [3.63, 3.8) is 0 Å². The molecule has 0 saturated heterocycles. The number of nitrogens with zero attached hydrogens (tertiary/aromatic N) is 1. The molecule has 0 aliphatic rings. The van der Waals surface area contributed by atoms with E-state index in [1.54, 1.807) is 12.1 Å². The second-order valence-electron chi connectivity index (χ2n) is 8.31. The molecular formula is C28H29FN6O2. The molecule has 190 valence electrons. The van der Waals surface area contributed by atoms with Crippen molar-refractivity contribution in [1.29, 1.82) is 0 Å². The number of amidine groups is 1. The van der Waals surface area contributed by atoms with Crippen LogP contribution in [-0.4, -0.2) is 29.9 Å². The molecule has 0 radical (unpaired) electrons. The molecule has 4 rings (SSSR count). The van der Waals surface area contributed by atoms with Gasteiger partial charge in [-0.1, -0.05) is 60.7 Å². The van der Waals surface area contributed by atoms with Crippen LogP contribution in [0.1, 0.15) is 28.0 Å². The number of hydrogen-bond donors (Lipinski definition) is 5. The van der Waals surface area contributed by atoms with Crippen molar-refractivity contribution in [1.82, 2.24) is 10.3 Å². The van der Waals surface area contributed by atoms with Gasteiger partial charge in [-0.3, -0.25) is 4.99 Å². The number of aliphatic imine (C=N–C) groups is 1. The van der Waals surface area contributed by atoms with Gasteiger partial charge >= 0.3 is 5.97 Å². The number of aromatic amines is 1. The zero-order valence-corrected chi connectivity index (χ0v) is 20.2. The van der Waals surface area contributed by atoms with Crippen LogP contribution in [0.4, 0.5) is 15.9 Å². The Kier molecular flexibility index (Phi) is 8.64. The first-order valence-electron chi connectivity index (χ1n) is 11.9. The number of halogens is 1. The Morgan fingerprint density at radius 1 is 0.973 bits per heavy atom. The summed E-state index contributed by atoms with van der Waals surface area (Å²) >= 11 is 0. The number of aromatic nitrogens is 1. The maximum absolute atomic E-state index is 13.1. The molecule has 0 bridgehead atoms. The van der Waals surface area contributed by atoms with Gasteiger partial charge in [-0.25, -0.2) is 9.18 Å². The minimum Gasteiger partial charge on any atom is -0.383 e. The maximum atomic E-state index is 13.1. The summed E-state index contributed by atoms with van der Waals surface area (Å²) in [6.45, 7) is 1.79. The van der Waals surface area contributed by atoms with Gasteiger partial charge in [0.15, 0.2) is 0 Å². The summed E-state index contributed by atoms with van der Waals surface area (Å²) in [7, 11) is 0. The molecule has 0 saturated carbocycles. The van der Waals surface area contributed by atoms with Crippen LogP contribution < -0.4 is 22.3 Å². The molecule has 0 spiro atoms. The van der Waals surface area contributed by atoms with Crippen LogP contribution in [0.3, 0.4) is 0 Å². The molecule has 8 nitrogen and oxygen atoms in total. The number of nitrogens with two attached hydrogens (primary N) is 2. The number of carbonyl (C=O) groups excluding carboxylic acids is 1. The summed E-state index contributed by atoms with van der Waals surface area (Å²) in [5, 5.41) is 6.61. The van der Waals surface area contributed by atoms with E-state index in [0.717, 1.165) is 23.2 Å². The number of para-hydroxylation sites is 1. The zero-order valence-electron chi connectivity index (χ0n) is 20.2. The molecule has 0 amide bonds. The lowest BCUT2D eigenvalue weighted by molar-refractivity contribution is 0.0498. The van der Waals surface area contributed by atoms with E-state index in [-0.39, 0.29) is 17.3 Å². The second-order valence-corrected chi connectivity index (χ2v) is 8.31. The lowest BCUT2D eigenvalue weighted by Crippen LogP contribution is -2.19. The average molecular weight is 501 g/mol. The molecule has 0 atom stereocenters. The van der Waals surface area contributed by atoms with Gasteiger partial charge in [-0.2, -0.15) is 5.90 Å². The summed E-state index contributed by atoms with van der Waals surface area (Å²) in [6.07, 6.45) is 0.728. The van der Waals surface area contributed by atoms with Gasteiger partial charge in [0.05, 0.1) is 5.56 Å². The van der Waals surface area contributed by atoms with Crippen LogP contribution in [0, 0.1) is 5.82 Å². The summed E-state index contributed by atoms with van der Waals surface area (Å²) in [6, 6.07) is 25.3. The fourth-order valence-corrected chi connectivity index (χ4v) is 3.94. The molecule has 0 aliphatic carbocycles. The molecule has 7 N–H and O–H groups in total. The SMILES string of the molecule is NOC(=O)c1[nH]c(Nc2ccccc2)c(C(N)=NCCCNCc2ccc(F)cc2)c1-c1ccccc1. The van der Waals surface area contributed by atoms with Gasteiger partial charge in [0.2, 0.25) is 0 Å². The van der Waals surface area contributed by atoms with Gasteiger partial charge in [0.1, 0.15) is 23.2 Å². The van der Waals surface area contributed by atoms with Crippen LogP contribution in [0.5, 0.6) is 0 Å². The number of hydrogen-bond acceptors (Lipinski definition) is 6. The molecule has 0 fully saturated rings. The highest BCUT2D eigenvalue weighted by Gasteiger charge is 2.26. The highest BCUT2D eigenvalue weighted by molar-refractivity contribution is 6.13. The zero-order chi connectivity index (χ0) is 26.0. The monoisotopic (exact) mass is 500 g/mol. The number of benzene rings is 3. The molecule has 1 aromatic heterocycles. The van der Waals surface area contributed by atoms with Crippen LogP contribution in [0.25, 0.3) is 11.1 Å². The first-order chi connectivity index (χ1) is 18.1. The molecule has 0 unspecified atom stereocenters. The largest absolute Gasteiger partial charge is 0.383 e. The highest BCUT2D eigenvalue weighted by atomic mass is 19.1. The van der Waals surface area contributed by atoms with Crippen molar-refractivity contribution >= 4 is 23.3 Å². The Labute approximate surface area is 214 Å². The van der Waals surface area contributed by atoms with Gasteiger partial charge in [0.25, 0.3) is 0 Å². The Hall–Kier alpha value is -4.47. The second kappa shape index (κ2) is 12.5. The van der Waals surface area contributed by atoms with E-state index in [0.29, 0.717) is 36.6 Å². The maximum Gasteiger partial charge on any atom is 0.373 e. The van der Waals surface area contributed by atoms with Gasteiger partial charge in [0, 0.05) is 24.3 Å². The Bertz CT molecular complexity index is 1340. The van der Waals surface area contributed by atoms with E-state index >= 15 is 0 Å². The number of H-pyrrole nitrogens is 1. The van der Waals surface area contributed by atoms with Crippen LogP contribution in [0.15, 0.2) is 89.9 Å². The minimum absolute atomic E-state index is 0.168. The molecule has 3 aromatic carbocycles. The lowest BCUT2D eigenvalue weighted by atomic mass is 10.00. The Morgan fingerprint density at radius 2 is 1.65 bits per heavy atom. The molecule has 4 aromatic rings. The van der Waals surface area contributed by atoms with Crippen LogP contribution >= 0.6 is 0 Å². The molecule has 0 aliphatic heterocycles. The van der Waals surface area contributed by atoms with Crippen molar-refractivity contribution in [2.75, 3.05) is 18.4 Å². The van der Waals surface area contributed by atoms with Crippen molar-refractivity contribution in [3.05, 3.63) is 108 Å². The molecule has 1 heterocycles. The summed E-state index contributed by atoms with van der Waals surface area (Å²) in [4.78, 5) is 24.9. The van der Waals surface area contributed by atoms with Crippen molar-refractivity contribution in [3.8, 4) is 11.1 Å². The third-order valence-corrected chi connectivity index (χ3v) is 5.71. The van der Waals surface area contributed by atoms with E-state index in [2.05, 4.69) is 25.4 Å². The normalized spacial score (nSPS) is 11.4. The van der Waals surface area contributed by atoms with E-state index < -0.39 is 5.97 Å². The van der Waals surface area contributed by atoms with Gasteiger partial charge < -0.3 is 26.2 Å². The number of carbonyl (C=O) groups is 1. The number of rotatable bonds is 11. The van der Waals surface area contributed by atoms with Crippen molar-refractivity contribution < 1.29 is 14.0 Å². The topological polar surface area (TPSA) is 131 Å². The number of nitrogens with one attached hydrogen (secondary N) is 3. The average Bonchev–Trinajstić information content (AvgIpc) is 3.31. The predicted octanol–water partition coefficient (Wildman–Crippen LogP) is 4.48. The quantitative estimate of drug-likeness (QED) is 0.0893. The van der Waals surface area contributed by atoms with Crippen LogP contribution in [0.2, 0.25) is 0 Å². The van der Waals surface area contributed by atoms with Gasteiger partial charge in [-0.05, 0) is 48.4 Å². The third-order valence-electron chi connectivity index (χ3n) is 5.71. The van der Waals surface area contributed by atoms with E-state index in [4.69, 9.17) is 11.6 Å². The molecule has 37 heavy (non-hydrogen) atoms. The van der Waals surface area contributed by atoms with Crippen LogP contribution in [-0.2, 0) is 11.4 Å². The lowest BCUT2D eigenvalue weighted by Gasteiger charge is -2.10. The van der Waals surface area contributed by atoms with Crippen molar-refractivity contribution in [2.24, 2.45) is 16.6 Å². The Balaban J connectivity index is 1.57. The smallest absolute Gasteiger partial charge is 0.373 e. The fourth-order valence-electron chi connectivity index (χ4n) is 3.94. The fraction of sp³-hybridized carbons (Fsp3) is 0.143. The third kappa shape index (κ3) is 6.60. The predicted molar refractivity (Wildman–Crippen MR) is 144 cm³/mol. The minimum atomic E-state index is -0.723. The Morgan fingerprint density at radius 3 is 2.32 bits per heavy atom. The summed E-state index contributed by atoms with van der Waals surface area (Å²) in [5.41, 5.74) is 10.3. The summed E-state index contributed by atoms with van der Waals surface area (Å²) < 4.78 is 13.1. The standard InChI is InChI=1S/C28H29FN6O2/c29-21-14-12-19(13-15-21)18-32-16-7-17-33-26(30)24-23(20-8-3-1-4-9-20)25(28(36)37-31)35-27(24)34-22-10-5-2-6-11-22/h1-6,8-15,32,34-35H,7,16-18,31H2,(H2,30,33).